The van der Waals surface area contributed by atoms with Gasteiger partial charge < -0.3 is 5.32 Å². The van der Waals surface area contributed by atoms with Gasteiger partial charge >= 0.3 is 6.03 Å². The third-order valence-electron chi connectivity index (χ3n) is 4.41. The molecule has 3 amide bonds. The van der Waals surface area contributed by atoms with Gasteiger partial charge in [-0.2, -0.15) is 0 Å². The van der Waals surface area contributed by atoms with Gasteiger partial charge in [0.1, 0.15) is 0 Å². The molecule has 0 spiro atoms. The van der Waals surface area contributed by atoms with Crippen LogP contribution in [-0.2, 0) is 16.8 Å². The highest BCUT2D eigenvalue weighted by atomic mass is 32.1. The molecular formula is C19H20N2O3S. The maximum absolute atomic E-state index is 12.7. The number of ketones is 1. The van der Waals surface area contributed by atoms with E-state index in [4.69, 9.17) is 0 Å². The summed E-state index contributed by atoms with van der Waals surface area (Å²) < 4.78 is 0. The van der Waals surface area contributed by atoms with Crippen LogP contribution in [0, 0.1) is 0 Å². The molecule has 2 heterocycles. The van der Waals surface area contributed by atoms with Crippen molar-refractivity contribution in [3.05, 3.63) is 57.8 Å². The van der Waals surface area contributed by atoms with Crippen LogP contribution in [0.25, 0.3) is 0 Å². The minimum Gasteiger partial charge on any atom is -0.319 e. The number of amides is 3. The Balaban J connectivity index is 1.75. The van der Waals surface area contributed by atoms with Gasteiger partial charge in [0.25, 0.3) is 5.91 Å². The number of carbonyl (C=O) groups excluding carboxylic acids is 3. The molecule has 0 saturated carbocycles. The maximum atomic E-state index is 12.7. The van der Waals surface area contributed by atoms with Crippen LogP contribution in [0.15, 0.2) is 41.8 Å². The van der Waals surface area contributed by atoms with Crippen LogP contribution in [0.1, 0.15) is 41.1 Å². The summed E-state index contributed by atoms with van der Waals surface area (Å²) in [6.07, 6.45) is 2.00. The quantitative estimate of drug-likeness (QED) is 0.637. The number of benzene rings is 1. The number of urea groups is 1. The van der Waals surface area contributed by atoms with Gasteiger partial charge in [0, 0.05) is 10.4 Å². The number of rotatable bonds is 6. The van der Waals surface area contributed by atoms with Crippen LogP contribution in [0.3, 0.4) is 0 Å². The smallest absolute Gasteiger partial charge is 0.319 e. The molecule has 1 fully saturated rings. The van der Waals surface area contributed by atoms with E-state index >= 15 is 0 Å². The highest BCUT2D eigenvalue weighted by Gasteiger charge is 2.50. The monoisotopic (exact) mass is 356 g/mol. The predicted molar refractivity (Wildman–Crippen MR) is 96.7 cm³/mol. The van der Waals surface area contributed by atoms with Crippen molar-refractivity contribution in [3.8, 4) is 0 Å². The zero-order valence-corrected chi connectivity index (χ0v) is 15.1. The number of thiophene rings is 1. The van der Waals surface area contributed by atoms with E-state index in [2.05, 4.69) is 12.2 Å². The van der Waals surface area contributed by atoms with Gasteiger partial charge in [0.05, 0.1) is 6.54 Å². The largest absolute Gasteiger partial charge is 0.325 e. The van der Waals surface area contributed by atoms with E-state index in [0.717, 1.165) is 22.6 Å². The Morgan fingerprint density at radius 1 is 1.20 bits per heavy atom. The molecule has 0 aliphatic carbocycles. The molecule has 6 heteroatoms. The van der Waals surface area contributed by atoms with Gasteiger partial charge in [-0.15, -0.1) is 11.3 Å². The minimum atomic E-state index is -1.10. The molecule has 1 atom stereocenters. The Hall–Kier alpha value is -2.47. The standard InChI is InChI=1S/C19H20N2O3S/c1-3-5-13-7-9-14(10-8-13)15(22)12-21-17(23)19(2,20-18(21)24)16-6-4-11-25-16/h4,6-11H,3,5,12H2,1-2H3,(H,20,24). The second-order valence-electron chi connectivity index (χ2n) is 6.29. The van der Waals surface area contributed by atoms with E-state index < -0.39 is 17.5 Å². The highest BCUT2D eigenvalue weighted by Crippen LogP contribution is 2.31. The molecule has 3 rings (SSSR count). The molecule has 1 unspecified atom stereocenters. The lowest BCUT2D eigenvalue weighted by Crippen LogP contribution is -2.40. The van der Waals surface area contributed by atoms with Gasteiger partial charge in [-0.05, 0) is 30.4 Å². The Labute approximate surface area is 150 Å². The number of Topliss-reactive ketones (excluding diaryl/α,β-unsaturated/α-hetero) is 1. The summed E-state index contributed by atoms with van der Waals surface area (Å²) in [7, 11) is 0. The summed E-state index contributed by atoms with van der Waals surface area (Å²) in [5.41, 5.74) is 0.570. The van der Waals surface area contributed by atoms with Crippen molar-refractivity contribution in [2.75, 3.05) is 6.54 Å². The van der Waals surface area contributed by atoms with Crippen LogP contribution in [0.5, 0.6) is 0 Å². The summed E-state index contributed by atoms with van der Waals surface area (Å²) in [6.45, 7) is 3.52. The number of carbonyl (C=O) groups is 3. The molecule has 1 aliphatic rings. The van der Waals surface area contributed by atoms with Crippen molar-refractivity contribution in [1.29, 1.82) is 0 Å². The van der Waals surface area contributed by atoms with E-state index in [1.165, 1.54) is 16.9 Å². The normalized spacial score (nSPS) is 20.0. The van der Waals surface area contributed by atoms with Crippen molar-refractivity contribution < 1.29 is 14.4 Å². The summed E-state index contributed by atoms with van der Waals surface area (Å²) in [4.78, 5) is 39.2. The molecule has 1 N–H and O–H groups in total. The predicted octanol–water partition coefficient (Wildman–Crippen LogP) is 3.35. The highest BCUT2D eigenvalue weighted by molar-refractivity contribution is 7.10. The summed E-state index contributed by atoms with van der Waals surface area (Å²) >= 11 is 1.40. The molecule has 130 valence electrons. The molecule has 5 nitrogen and oxygen atoms in total. The lowest BCUT2D eigenvalue weighted by molar-refractivity contribution is -0.130. The number of nitrogens with one attached hydrogen (secondary N) is 1. The number of hydrogen-bond acceptors (Lipinski definition) is 4. The lowest BCUT2D eigenvalue weighted by atomic mass is 10.0. The minimum absolute atomic E-state index is 0.248. The molecule has 2 aromatic rings. The van der Waals surface area contributed by atoms with Crippen molar-refractivity contribution >= 4 is 29.1 Å². The fourth-order valence-electron chi connectivity index (χ4n) is 2.95. The molecule has 25 heavy (non-hydrogen) atoms. The second-order valence-corrected chi connectivity index (χ2v) is 7.24. The first-order valence-electron chi connectivity index (χ1n) is 8.26. The van der Waals surface area contributed by atoms with Crippen LogP contribution in [0.4, 0.5) is 4.79 Å². The van der Waals surface area contributed by atoms with E-state index in [1.54, 1.807) is 25.1 Å². The van der Waals surface area contributed by atoms with Gasteiger partial charge in [0.2, 0.25) is 0 Å². The third kappa shape index (κ3) is 3.22. The Morgan fingerprint density at radius 3 is 2.52 bits per heavy atom. The number of hydrogen-bond donors (Lipinski definition) is 1. The van der Waals surface area contributed by atoms with Gasteiger partial charge in [0.15, 0.2) is 11.3 Å². The first kappa shape index (κ1) is 17.4. The lowest BCUT2D eigenvalue weighted by Gasteiger charge is -2.19. The topological polar surface area (TPSA) is 66.5 Å². The van der Waals surface area contributed by atoms with Gasteiger partial charge in [-0.3, -0.25) is 14.5 Å². The summed E-state index contributed by atoms with van der Waals surface area (Å²) in [5.74, 6) is -0.641. The van der Waals surface area contributed by atoms with Gasteiger partial charge in [-0.25, -0.2) is 4.79 Å². The molecule has 0 bridgehead atoms. The zero-order valence-electron chi connectivity index (χ0n) is 14.2. The fourth-order valence-corrected chi connectivity index (χ4v) is 3.79. The Bertz CT molecular complexity index is 799. The van der Waals surface area contributed by atoms with Crippen LogP contribution in [-0.4, -0.2) is 29.2 Å². The van der Waals surface area contributed by atoms with Crippen LogP contribution >= 0.6 is 11.3 Å². The van der Waals surface area contributed by atoms with Crippen molar-refractivity contribution in [1.82, 2.24) is 10.2 Å². The average molecular weight is 356 g/mol. The first-order chi connectivity index (χ1) is 12.0. The molecule has 1 aliphatic heterocycles. The molecule has 0 radical (unpaired) electrons. The van der Waals surface area contributed by atoms with Crippen LogP contribution in [0.2, 0.25) is 0 Å². The van der Waals surface area contributed by atoms with Crippen molar-refractivity contribution in [2.45, 2.75) is 32.2 Å². The SMILES string of the molecule is CCCc1ccc(C(=O)CN2C(=O)NC(C)(c3cccs3)C2=O)cc1. The maximum Gasteiger partial charge on any atom is 0.325 e. The van der Waals surface area contributed by atoms with E-state index in [9.17, 15) is 14.4 Å². The summed E-state index contributed by atoms with van der Waals surface area (Å²) in [5, 5.41) is 4.56. The first-order valence-corrected chi connectivity index (χ1v) is 9.14. The number of aryl methyl sites for hydroxylation is 1. The second kappa shape index (κ2) is 6.80. The van der Waals surface area contributed by atoms with E-state index in [-0.39, 0.29) is 12.3 Å². The average Bonchev–Trinajstić information content (AvgIpc) is 3.20. The zero-order chi connectivity index (χ0) is 18.0. The fraction of sp³-hybridized carbons (Fsp3) is 0.316. The molecule has 1 aromatic carbocycles. The van der Waals surface area contributed by atoms with Crippen LogP contribution < -0.4 is 5.32 Å². The number of imide groups is 1. The molecule has 1 aromatic heterocycles. The third-order valence-corrected chi connectivity index (χ3v) is 5.50. The van der Waals surface area contributed by atoms with Crippen molar-refractivity contribution in [2.24, 2.45) is 0 Å². The Morgan fingerprint density at radius 2 is 1.92 bits per heavy atom. The van der Waals surface area contributed by atoms with E-state index in [1.807, 2.05) is 23.6 Å². The van der Waals surface area contributed by atoms with Crippen molar-refractivity contribution in [3.63, 3.8) is 0 Å². The molecular weight excluding hydrogens is 336 g/mol. The van der Waals surface area contributed by atoms with E-state index in [0.29, 0.717) is 5.56 Å². The Kier molecular flexibility index (Phi) is 4.72. The molecule has 1 saturated heterocycles. The number of nitrogens with zero attached hydrogens (tertiary/aromatic N) is 1. The summed E-state index contributed by atoms with van der Waals surface area (Å²) in [6, 6.07) is 10.4. The van der Waals surface area contributed by atoms with Gasteiger partial charge in [-0.1, -0.05) is 43.7 Å².